The van der Waals surface area contributed by atoms with Crippen LogP contribution >= 0.6 is 0 Å². The van der Waals surface area contributed by atoms with E-state index >= 15 is 0 Å². The van der Waals surface area contributed by atoms with Crippen molar-refractivity contribution in [1.29, 1.82) is 0 Å². The lowest BCUT2D eigenvalue weighted by Gasteiger charge is -2.03. The highest BCUT2D eigenvalue weighted by molar-refractivity contribution is 6.22. The second-order valence-corrected chi connectivity index (χ2v) is 4.88. The number of hydrogen-bond donors (Lipinski definition) is 2. The van der Waals surface area contributed by atoms with Crippen molar-refractivity contribution >= 4 is 29.6 Å². The summed E-state index contributed by atoms with van der Waals surface area (Å²) in [5, 5.41) is 8.36. The number of H-pyrrole nitrogens is 1. The fourth-order valence-electron chi connectivity index (χ4n) is 2.18. The number of hydrogen-bond acceptors (Lipinski definition) is 7. The Labute approximate surface area is 134 Å². The van der Waals surface area contributed by atoms with Gasteiger partial charge < -0.3 is 4.74 Å². The largest absolute Gasteiger partial charge is 0.463 e. The Morgan fingerprint density at radius 1 is 1.21 bits per heavy atom. The Balaban J connectivity index is 1.82. The Morgan fingerprint density at radius 3 is 2.62 bits per heavy atom. The van der Waals surface area contributed by atoms with E-state index in [1.165, 1.54) is 32.4 Å². The van der Waals surface area contributed by atoms with Crippen LogP contribution in [0.15, 0.2) is 18.2 Å². The monoisotopic (exact) mass is 329 g/mol. The number of aromatic amines is 1. The van der Waals surface area contributed by atoms with E-state index < -0.39 is 23.7 Å². The second kappa shape index (κ2) is 5.57. The van der Waals surface area contributed by atoms with Gasteiger partial charge in [0.1, 0.15) is 0 Å². The predicted octanol–water partition coefficient (Wildman–Crippen LogP) is 0.0694. The first-order valence-electron chi connectivity index (χ1n) is 6.71. The van der Waals surface area contributed by atoms with E-state index in [9.17, 15) is 19.2 Å². The van der Waals surface area contributed by atoms with Crippen LogP contribution in [-0.4, -0.2) is 57.9 Å². The number of imide groups is 1. The number of carbonyl (C=O) groups excluding carboxylic acids is 4. The molecule has 0 fully saturated rings. The molecule has 2 heterocycles. The number of aromatic nitrogens is 3. The molecule has 1 aromatic carbocycles. The van der Waals surface area contributed by atoms with Crippen molar-refractivity contribution in [2.75, 3.05) is 19.5 Å². The fourth-order valence-corrected chi connectivity index (χ4v) is 2.18. The Hall–Kier alpha value is -3.56. The molecular weight excluding hydrogens is 318 g/mol. The van der Waals surface area contributed by atoms with Gasteiger partial charge in [-0.2, -0.15) is 4.98 Å². The number of carbonyl (C=O) groups is 4. The summed E-state index contributed by atoms with van der Waals surface area (Å²) in [5.41, 5.74) is 0.542. The molecule has 3 rings (SSSR count). The number of nitrogens with one attached hydrogen (secondary N) is 2. The van der Waals surface area contributed by atoms with Crippen molar-refractivity contribution in [3.63, 3.8) is 0 Å². The van der Waals surface area contributed by atoms with E-state index in [1.807, 2.05) is 0 Å². The first-order chi connectivity index (χ1) is 11.4. The summed E-state index contributed by atoms with van der Waals surface area (Å²) < 4.78 is 4.46. The molecule has 0 saturated heterocycles. The van der Waals surface area contributed by atoms with Gasteiger partial charge in [0.15, 0.2) is 0 Å². The Morgan fingerprint density at radius 2 is 1.92 bits per heavy atom. The van der Waals surface area contributed by atoms with Crippen molar-refractivity contribution in [1.82, 2.24) is 20.1 Å². The van der Waals surface area contributed by atoms with E-state index in [0.717, 1.165) is 4.90 Å². The number of amides is 3. The van der Waals surface area contributed by atoms with Gasteiger partial charge in [-0.3, -0.25) is 29.7 Å². The standard InChI is InChI=1S/C14H11N5O5/c1-19-11(21)7-4-3-6(5-8(7)12(19)22)10(20)16-14-15-9(17-18-14)13(23)24-2/h3-5H,1-2H3,(H2,15,16,17,18,20). The molecule has 0 spiro atoms. The van der Waals surface area contributed by atoms with Crippen LogP contribution < -0.4 is 5.32 Å². The minimum Gasteiger partial charge on any atom is -0.463 e. The average Bonchev–Trinajstić information content (AvgIpc) is 3.14. The number of ether oxygens (including phenoxy) is 1. The highest BCUT2D eigenvalue weighted by Crippen LogP contribution is 2.23. The van der Waals surface area contributed by atoms with E-state index in [0.29, 0.717) is 0 Å². The molecule has 0 radical (unpaired) electrons. The molecule has 3 amide bonds. The molecule has 1 aromatic heterocycles. The maximum Gasteiger partial charge on any atom is 0.375 e. The van der Waals surface area contributed by atoms with Gasteiger partial charge in [0.05, 0.1) is 18.2 Å². The van der Waals surface area contributed by atoms with Crippen LogP contribution in [0, 0.1) is 0 Å². The second-order valence-electron chi connectivity index (χ2n) is 4.88. The molecule has 2 N–H and O–H groups in total. The molecule has 0 atom stereocenters. The molecule has 122 valence electrons. The van der Waals surface area contributed by atoms with Gasteiger partial charge in [0.25, 0.3) is 17.7 Å². The smallest absolute Gasteiger partial charge is 0.375 e. The predicted molar refractivity (Wildman–Crippen MR) is 78.5 cm³/mol. The summed E-state index contributed by atoms with van der Waals surface area (Å²) in [4.78, 5) is 52.0. The maximum atomic E-state index is 12.2. The Kier molecular flexibility index (Phi) is 3.56. The highest BCUT2D eigenvalue weighted by atomic mass is 16.5. The molecular formula is C14H11N5O5. The average molecular weight is 329 g/mol. The summed E-state index contributed by atoms with van der Waals surface area (Å²) in [6, 6.07) is 4.14. The highest BCUT2D eigenvalue weighted by Gasteiger charge is 2.33. The number of methoxy groups -OCH3 is 1. The van der Waals surface area contributed by atoms with Gasteiger partial charge in [-0.05, 0) is 18.2 Å². The van der Waals surface area contributed by atoms with Gasteiger partial charge >= 0.3 is 5.97 Å². The lowest BCUT2D eigenvalue weighted by molar-refractivity contribution is 0.0586. The fraction of sp³-hybridized carbons (Fsp3) is 0.143. The number of benzene rings is 1. The first-order valence-corrected chi connectivity index (χ1v) is 6.71. The third-order valence-corrected chi connectivity index (χ3v) is 3.44. The van der Waals surface area contributed by atoms with Crippen molar-refractivity contribution in [3.05, 3.63) is 40.7 Å². The van der Waals surface area contributed by atoms with Gasteiger partial charge in [0.2, 0.25) is 11.8 Å². The van der Waals surface area contributed by atoms with Gasteiger partial charge in [-0.25, -0.2) is 4.79 Å². The van der Waals surface area contributed by atoms with E-state index in [2.05, 4.69) is 25.2 Å². The Bertz CT molecular complexity index is 887. The minimum absolute atomic E-state index is 0.125. The third-order valence-electron chi connectivity index (χ3n) is 3.44. The number of nitrogens with zero attached hydrogens (tertiary/aromatic N) is 3. The van der Waals surface area contributed by atoms with Gasteiger partial charge in [-0.15, -0.1) is 5.10 Å². The molecule has 0 unspecified atom stereocenters. The third kappa shape index (κ3) is 2.39. The van der Waals surface area contributed by atoms with Crippen LogP contribution in [0.1, 0.15) is 41.7 Å². The summed E-state index contributed by atoms with van der Waals surface area (Å²) in [5.74, 6) is -2.51. The quantitative estimate of drug-likeness (QED) is 0.601. The van der Waals surface area contributed by atoms with Crippen LogP contribution in [0.5, 0.6) is 0 Å². The zero-order valence-corrected chi connectivity index (χ0v) is 12.6. The zero-order valence-electron chi connectivity index (χ0n) is 12.6. The van der Waals surface area contributed by atoms with Crippen LogP contribution in [0.3, 0.4) is 0 Å². The number of rotatable bonds is 3. The first kappa shape index (κ1) is 15.3. The molecule has 10 heteroatoms. The van der Waals surface area contributed by atoms with Crippen molar-refractivity contribution in [3.8, 4) is 0 Å². The van der Waals surface area contributed by atoms with Crippen LogP contribution in [0.25, 0.3) is 0 Å². The van der Waals surface area contributed by atoms with Crippen LogP contribution in [0.4, 0.5) is 5.95 Å². The lowest BCUT2D eigenvalue weighted by atomic mass is 10.1. The number of esters is 1. The molecule has 24 heavy (non-hydrogen) atoms. The lowest BCUT2D eigenvalue weighted by Crippen LogP contribution is -2.24. The van der Waals surface area contributed by atoms with Crippen molar-refractivity contribution in [2.24, 2.45) is 0 Å². The molecule has 1 aliphatic rings. The number of fused-ring (bicyclic) bond motifs is 1. The van der Waals surface area contributed by atoms with E-state index in [-0.39, 0.29) is 28.5 Å². The van der Waals surface area contributed by atoms with E-state index in [4.69, 9.17) is 0 Å². The molecule has 2 aromatic rings. The normalized spacial score (nSPS) is 13.0. The molecule has 0 bridgehead atoms. The molecule has 1 aliphatic heterocycles. The molecule has 0 aliphatic carbocycles. The zero-order chi connectivity index (χ0) is 17.4. The minimum atomic E-state index is -0.729. The molecule has 0 saturated carbocycles. The van der Waals surface area contributed by atoms with Crippen molar-refractivity contribution in [2.45, 2.75) is 0 Å². The molecule has 10 nitrogen and oxygen atoms in total. The SMILES string of the molecule is COC(=O)c1nc(NC(=O)c2ccc3c(c2)C(=O)N(C)C3=O)n[nH]1. The van der Waals surface area contributed by atoms with Crippen LogP contribution in [-0.2, 0) is 4.74 Å². The van der Waals surface area contributed by atoms with Gasteiger partial charge in [-0.1, -0.05) is 0 Å². The number of anilines is 1. The maximum absolute atomic E-state index is 12.2. The summed E-state index contributed by atoms with van der Waals surface area (Å²) in [6.45, 7) is 0. The van der Waals surface area contributed by atoms with Gasteiger partial charge in [0, 0.05) is 12.6 Å². The topological polar surface area (TPSA) is 134 Å². The van der Waals surface area contributed by atoms with E-state index in [1.54, 1.807) is 0 Å². The summed E-state index contributed by atoms with van der Waals surface area (Å²) in [6.07, 6.45) is 0. The van der Waals surface area contributed by atoms with Crippen LogP contribution in [0.2, 0.25) is 0 Å². The summed E-state index contributed by atoms with van der Waals surface area (Å²) in [7, 11) is 2.55. The summed E-state index contributed by atoms with van der Waals surface area (Å²) >= 11 is 0. The van der Waals surface area contributed by atoms with Crippen molar-refractivity contribution < 1.29 is 23.9 Å².